The molecule has 9 heteroatoms. The van der Waals surface area contributed by atoms with E-state index in [4.69, 9.17) is 18.9 Å². The fourth-order valence-electron chi connectivity index (χ4n) is 3.31. The second kappa shape index (κ2) is 10.0. The molecular formula is C23H25FN2O6. The van der Waals surface area contributed by atoms with Gasteiger partial charge < -0.3 is 24.3 Å². The number of ether oxygens (including phenoxy) is 4. The van der Waals surface area contributed by atoms with Gasteiger partial charge in [0.1, 0.15) is 29.7 Å². The van der Waals surface area contributed by atoms with Gasteiger partial charge in [-0.25, -0.2) is 14.0 Å². The van der Waals surface area contributed by atoms with E-state index in [1.165, 1.54) is 50.4 Å². The number of amides is 2. The molecule has 170 valence electrons. The molecular weight excluding hydrogens is 419 g/mol. The van der Waals surface area contributed by atoms with E-state index in [9.17, 15) is 14.0 Å². The van der Waals surface area contributed by atoms with Crippen LogP contribution in [0, 0.1) is 5.82 Å². The Labute approximate surface area is 185 Å². The average molecular weight is 444 g/mol. The lowest BCUT2D eigenvalue weighted by atomic mass is 9.94. The van der Waals surface area contributed by atoms with Gasteiger partial charge in [0.15, 0.2) is 0 Å². The van der Waals surface area contributed by atoms with Crippen LogP contribution in [-0.4, -0.2) is 51.4 Å². The molecule has 32 heavy (non-hydrogen) atoms. The summed E-state index contributed by atoms with van der Waals surface area (Å²) in [6, 6.07) is 9.30. The molecule has 0 spiro atoms. The van der Waals surface area contributed by atoms with Crippen molar-refractivity contribution in [2.45, 2.75) is 13.0 Å². The number of esters is 1. The predicted molar refractivity (Wildman–Crippen MR) is 114 cm³/mol. The highest BCUT2D eigenvalue weighted by Crippen LogP contribution is 2.35. The Balaban J connectivity index is 2.07. The standard InChI is InChI=1S/C23H25FN2O6/c1-5-31-22(27)20-19(13-32-16-8-6-15(24)7-9-16)26(2)23(28)25-21(20)14-10-17(29-3)12-18(11-14)30-4/h6-12,21H,5,13H2,1-4H3,(H,25,28)/t21-/m1/s1. The number of hydrogen-bond donors (Lipinski definition) is 1. The summed E-state index contributed by atoms with van der Waals surface area (Å²) < 4.78 is 34.9. The Bertz CT molecular complexity index is 999. The minimum Gasteiger partial charge on any atom is -0.497 e. The molecule has 1 aliphatic rings. The Kier molecular flexibility index (Phi) is 7.19. The van der Waals surface area contributed by atoms with Crippen molar-refractivity contribution in [2.75, 3.05) is 34.5 Å². The average Bonchev–Trinajstić information content (AvgIpc) is 2.80. The van der Waals surface area contributed by atoms with Gasteiger partial charge in [-0.3, -0.25) is 4.90 Å². The number of carbonyl (C=O) groups is 2. The van der Waals surface area contributed by atoms with Crippen LogP contribution in [0.1, 0.15) is 18.5 Å². The van der Waals surface area contributed by atoms with Crippen LogP contribution in [0.25, 0.3) is 0 Å². The van der Waals surface area contributed by atoms with E-state index in [0.717, 1.165) is 0 Å². The van der Waals surface area contributed by atoms with Gasteiger partial charge in [0.2, 0.25) is 0 Å². The Morgan fingerprint density at radius 3 is 2.25 bits per heavy atom. The summed E-state index contributed by atoms with van der Waals surface area (Å²) in [4.78, 5) is 27.0. The van der Waals surface area contributed by atoms with E-state index < -0.39 is 23.9 Å². The molecule has 0 bridgehead atoms. The Morgan fingerprint density at radius 2 is 1.69 bits per heavy atom. The number of urea groups is 1. The molecule has 0 saturated heterocycles. The fraction of sp³-hybridized carbons (Fsp3) is 0.304. The highest BCUT2D eigenvalue weighted by Gasteiger charge is 2.37. The molecule has 1 N–H and O–H groups in total. The SMILES string of the molecule is CCOC(=O)C1=C(COc2ccc(F)cc2)N(C)C(=O)N[C@@H]1c1cc(OC)cc(OC)c1. The van der Waals surface area contributed by atoms with Crippen LogP contribution < -0.4 is 19.5 Å². The maximum atomic E-state index is 13.2. The summed E-state index contributed by atoms with van der Waals surface area (Å²) in [5.74, 6) is 0.398. The topological polar surface area (TPSA) is 86.3 Å². The van der Waals surface area contributed by atoms with E-state index in [1.54, 1.807) is 25.1 Å². The second-order valence-electron chi connectivity index (χ2n) is 6.91. The number of nitrogens with one attached hydrogen (secondary N) is 1. The van der Waals surface area contributed by atoms with Crippen LogP contribution in [0.5, 0.6) is 17.2 Å². The summed E-state index contributed by atoms with van der Waals surface area (Å²) >= 11 is 0. The summed E-state index contributed by atoms with van der Waals surface area (Å²) in [5, 5.41) is 2.82. The molecule has 1 aliphatic heterocycles. The van der Waals surface area contributed by atoms with Crippen LogP contribution >= 0.6 is 0 Å². The zero-order valence-electron chi connectivity index (χ0n) is 18.3. The molecule has 0 radical (unpaired) electrons. The van der Waals surface area contributed by atoms with E-state index in [0.29, 0.717) is 28.5 Å². The van der Waals surface area contributed by atoms with Gasteiger partial charge in [0, 0.05) is 13.1 Å². The molecule has 0 fully saturated rings. The van der Waals surface area contributed by atoms with Crippen molar-refractivity contribution in [1.29, 1.82) is 0 Å². The summed E-state index contributed by atoms with van der Waals surface area (Å²) in [6.07, 6.45) is 0. The third kappa shape index (κ3) is 4.93. The minimum absolute atomic E-state index is 0.110. The summed E-state index contributed by atoms with van der Waals surface area (Å²) in [5.41, 5.74) is 1.11. The summed E-state index contributed by atoms with van der Waals surface area (Å²) in [7, 11) is 4.55. The number of halogens is 1. The minimum atomic E-state index is -0.825. The van der Waals surface area contributed by atoms with Gasteiger partial charge in [-0.05, 0) is 48.9 Å². The molecule has 8 nitrogen and oxygen atoms in total. The van der Waals surface area contributed by atoms with Gasteiger partial charge in [0.25, 0.3) is 0 Å². The lowest BCUT2D eigenvalue weighted by Gasteiger charge is -2.34. The van der Waals surface area contributed by atoms with Crippen molar-refractivity contribution in [3.63, 3.8) is 0 Å². The van der Waals surface area contributed by atoms with Crippen LogP contribution in [0.3, 0.4) is 0 Å². The molecule has 1 heterocycles. The number of hydrogen-bond acceptors (Lipinski definition) is 6. The third-order valence-corrected chi connectivity index (χ3v) is 4.97. The van der Waals surface area contributed by atoms with Crippen LogP contribution in [-0.2, 0) is 9.53 Å². The van der Waals surface area contributed by atoms with Gasteiger partial charge >= 0.3 is 12.0 Å². The maximum Gasteiger partial charge on any atom is 0.338 e. The van der Waals surface area contributed by atoms with Crippen molar-refractivity contribution in [2.24, 2.45) is 0 Å². The first-order chi connectivity index (χ1) is 15.4. The predicted octanol–water partition coefficient (Wildman–Crippen LogP) is 3.44. The van der Waals surface area contributed by atoms with E-state index in [-0.39, 0.29) is 18.8 Å². The Morgan fingerprint density at radius 1 is 1.06 bits per heavy atom. The van der Waals surface area contributed by atoms with E-state index in [2.05, 4.69) is 5.32 Å². The number of likely N-dealkylation sites (N-methyl/N-ethyl adjacent to an activating group) is 1. The number of methoxy groups -OCH3 is 2. The lowest BCUT2D eigenvalue weighted by molar-refractivity contribution is -0.139. The first-order valence-electron chi connectivity index (χ1n) is 9.93. The second-order valence-corrected chi connectivity index (χ2v) is 6.91. The zero-order valence-corrected chi connectivity index (χ0v) is 18.3. The highest BCUT2D eigenvalue weighted by atomic mass is 19.1. The van der Waals surface area contributed by atoms with Crippen LogP contribution in [0.15, 0.2) is 53.7 Å². The maximum absolute atomic E-state index is 13.2. The quantitative estimate of drug-likeness (QED) is 0.628. The van der Waals surface area contributed by atoms with Crippen molar-refractivity contribution in [3.8, 4) is 17.2 Å². The normalized spacial score (nSPS) is 15.8. The molecule has 2 amide bonds. The van der Waals surface area contributed by atoms with Gasteiger partial charge in [0.05, 0.1) is 38.1 Å². The fourth-order valence-corrected chi connectivity index (χ4v) is 3.31. The van der Waals surface area contributed by atoms with Crippen molar-refractivity contribution in [1.82, 2.24) is 10.2 Å². The first-order valence-corrected chi connectivity index (χ1v) is 9.93. The van der Waals surface area contributed by atoms with E-state index >= 15 is 0 Å². The summed E-state index contributed by atoms with van der Waals surface area (Å²) in [6.45, 7) is 1.74. The molecule has 0 aromatic heterocycles. The molecule has 3 rings (SSSR count). The van der Waals surface area contributed by atoms with Crippen molar-refractivity contribution < 1.29 is 32.9 Å². The molecule has 0 unspecified atom stereocenters. The van der Waals surface area contributed by atoms with Crippen LogP contribution in [0.2, 0.25) is 0 Å². The number of rotatable bonds is 8. The Hall–Kier alpha value is -3.75. The molecule has 0 aliphatic carbocycles. The largest absolute Gasteiger partial charge is 0.497 e. The zero-order chi connectivity index (χ0) is 23.3. The molecule has 0 saturated carbocycles. The molecule has 1 atom stereocenters. The number of carbonyl (C=O) groups excluding carboxylic acids is 2. The van der Waals surface area contributed by atoms with Gasteiger partial charge in [-0.15, -0.1) is 0 Å². The number of benzene rings is 2. The van der Waals surface area contributed by atoms with Gasteiger partial charge in [-0.1, -0.05) is 0 Å². The lowest BCUT2D eigenvalue weighted by Crippen LogP contribution is -2.48. The van der Waals surface area contributed by atoms with Crippen molar-refractivity contribution >= 4 is 12.0 Å². The molecule has 2 aromatic carbocycles. The van der Waals surface area contributed by atoms with Crippen LogP contribution in [0.4, 0.5) is 9.18 Å². The smallest absolute Gasteiger partial charge is 0.338 e. The monoisotopic (exact) mass is 444 g/mol. The van der Waals surface area contributed by atoms with Gasteiger partial charge in [-0.2, -0.15) is 0 Å². The van der Waals surface area contributed by atoms with Crippen molar-refractivity contribution in [3.05, 3.63) is 65.1 Å². The third-order valence-electron chi connectivity index (χ3n) is 4.97. The first kappa shape index (κ1) is 22.9. The molecule has 2 aromatic rings. The number of nitrogens with zero attached hydrogens (tertiary/aromatic N) is 1. The van der Waals surface area contributed by atoms with E-state index in [1.807, 2.05) is 0 Å². The highest BCUT2D eigenvalue weighted by molar-refractivity contribution is 5.95.